The minimum Gasteiger partial charge on any atom is -0.388 e. The molecule has 0 unspecified atom stereocenters. The minimum absolute atomic E-state index is 0.252. The van der Waals surface area contributed by atoms with Crippen molar-refractivity contribution >= 4 is 11.7 Å². The monoisotopic (exact) mass is 278 g/mol. The van der Waals surface area contributed by atoms with Gasteiger partial charge in [0.2, 0.25) is 0 Å². The Morgan fingerprint density at radius 1 is 1.40 bits per heavy atom. The van der Waals surface area contributed by atoms with E-state index in [0.717, 1.165) is 37.9 Å². The van der Waals surface area contributed by atoms with E-state index in [-0.39, 0.29) is 6.03 Å². The van der Waals surface area contributed by atoms with Crippen LogP contribution in [0.2, 0.25) is 0 Å². The lowest BCUT2D eigenvalue weighted by Crippen LogP contribution is -2.43. The van der Waals surface area contributed by atoms with Crippen molar-refractivity contribution in [3.8, 4) is 0 Å². The quantitative estimate of drug-likeness (QED) is 0.880. The van der Waals surface area contributed by atoms with Crippen molar-refractivity contribution in [2.45, 2.75) is 44.6 Å². The molecule has 6 heteroatoms. The van der Waals surface area contributed by atoms with Gasteiger partial charge in [-0.2, -0.15) is 0 Å². The van der Waals surface area contributed by atoms with Gasteiger partial charge in [0.15, 0.2) is 0 Å². The summed E-state index contributed by atoms with van der Waals surface area (Å²) in [6.45, 7) is 2.33. The number of anilines is 1. The van der Waals surface area contributed by atoms with E-state index < -0.39 is 5.60 Å². The first-order valence-corrected chi connectivity index (χ1v) is 7.08. The number of amides is 2. The van der Waals surface area contributed by atoms with E-state index in [9.17, 15) is 9.90 Å². The molecule has 2 N–H and O–H groups in total. The van der Waals surface area contributed by atoms with Crippen molar-refractivity contribution in [2.75, 3.05) is 18.9 Å². The molecule has 110 valence electrons. The van der Waals surface area contributed by atoms with Crippen molar-refractivity contribution < 1.29 is 9.90 Å². The topological polar surface area (TPSA) is 78.4 Å². The van der Waals surface area contributed by atoms with Crippen LogP contribution in [0.25, 0.3) is 0 Å². The predicted molar refractivity (Wildman–Crippen MR) is 76.5 cm³/mol. The number of hydrogen-bond acceptors (Lipinski definition) is 4. The molecule has 6 nitrogen and oxygen atoms in total. The van der Waals surface area contributed by atoms with Gasteiger partial charge in [0, 0.05) is 13.5 Å². The van der Waals surface area contributed by atoms with E-state index in [1.807, 2.05) is 6.92 Å². The van der Waals surface area contributed by atoms with Gasteiger partial charge in [-0.05, 0) is 12.8 Å². The molecule has 0 bridgehead atoms. The Morgan fingerprint density at radius 2 is 2.00 bits per heavy atom. The molecular formula is C14H22N4O2. The highest BCUT2D eigenvalue weighted by atomic mass is 16.3. The van der Waals surface area contributed by atoms with E-state index in [4.69, 9.17) is 0 Å². The minimum atomic E-state index is -0.728. The fraction of sp³-hybridized carbons (Fsp3) is 0.643. The maximum Gasteiger partial charge on any atom is 0.321 e. The maximum absolute atomic E-state index is 12.0. The van der Waals surface area contributed by atoms with E-state index in [0.29, 0.717) is 12.2 Å². The maximum atomic E-state index is 12.0. The molecule has 2 amide bonds. The number of aromatic nitrogens is 2. The Kier molecular flexibility index (Phi) is 4.54. The van der Waals surface area contributed by atoms with Gasteiger partial charge in [-0.25, -0.2) is 14.8 Å². The van der Waals surface area contributed by atoms with Gasteiger partial charge >= 0.3 is 6.03 Å². The summed E-state index contributed by atoms with van der Waals surface area (Å²) < 4.78 is 0. The van der Waals surface area contributed by atoms with Crippen molar-refractivity contribution in [1.82, 2.24) is 14.9 Å². The first-order chi connectivity index (χ1) is 9.52. The van der Waals surface area contributed by atoms with Crippen LogP contribution in [0.15, 0.2) is 12.4 Å². The first-order valence-electron chi connectivity index (χ1n) is 7.08. The standard InChI is InChI=1S/C14H22N4O2/c1-3-12-15-8-11(9-16-12)17-13(19)18(2)10-14(20)6-4-5-7-14/h8-9,20H,3-7,10H2,1-2H3,(H,17,19). The molecule has 20 heavy (non-hydrogen) atoms. The lowest BCUT2D eigenvalue weighted by molar-refractivity contribution is 0.0261. The summed E-state index contributed by atoms with van der Waals surface area (Å²) >= 11 is 0. The van der Waals surface area contributed by atoms with E-state index in [1.165, 1.54) is 4.90 Å². The Hall–Kier alpha value is -1.69. The fourth-order valence-electron chi connectivity index (χ4n) is 2.53. The number of urea groups is 1. The summed E-state index contributed by atoms with van der Waals surface area (Å²) in [6, 6.07) is -0.252. The lowest BCUT2D eigenvalue weighted by atomic mass is 10.0. The van der Waals surface area contributed by atoms with Gasteiger partial charge in [-0.3, -0.25) is 0 Å². The van der Waals surface area contributed by atoms with Crippen molar-refractivity contribution in [3.05, 3.63) is 18.2 Å². The van der Waals surface area contributed by atoms with Crippen LogP contribution in [0.4, 0.5) is 10.5 Å². The second-order valence-electron chi connectivity index (χ2n) is 5.46. The van der Waals surface area contributed by atoms with E-state index in [1.54, 1.807) is 19.4 Å². The van der Waals surface area contributed by atoms with Crippen LogP contribution >= 0.6 is 0 Å². The van der Waals surface area contributed by atoms with E-state index in [2.05, 4.69) is 15.3 Å². The largest absolute Gasteiger partial charge is 0.388 e. The highest BCUT2D eigenvalue weighted by Crippen LogP contribution is 2.29. The molecule has 1 fully saturated rings. The predicted octanol–water partition coefficient (Wildman–Crippen LogP) is 1.81. The average molecular weight is 278 g/mol. The number of likely N-dealkylation sites (N-methyl/N-ethyl adjacent to an activating group) is 1. The van der Waals surface area contributed by atoms with Gasteiger partial charge in [0.05, 0.1) is 30.2 Å². The Labute approximate surface area is 119 Å². The number of carbonyl (C=O) groups is 1. The molecule has 1 saturated carbocycles. The first kappa shape index (κ1) is 14.7. The molecule has 0 aromatic carbocycles. The lowest BCUT2D eigenvalue weighted by Gasteiger charge is -2.28. The highest BCUT2D eigenvalue weighted by molar-refractivity contribution is 5.88. The average Bonchev–Trinajstić information content (AvgIpc) is 2.86. The molecule has 0 saturated heterocycles. The normalized spacial score (nSPS) is 16.9. The molecule has 0 radical (unpaired) electrons. The number of rotatable bonds is 4. The number of aliphatic hydroxyl groups is 1. The van der Waals surface area contributed by atoms with Crippen LogP contribution in [0.5, 0.6) is 0 Å². The zero-order valence-corrected chi connectivity index (χ0v) is 12.1. The van der Waals surface area contributed by atoms with Crippen molar-refractivity contribution in [3.63, 3.8) is 0 Å². The molecule has 1 aliphatic carbocycles. The second kappa shape index (κ2) is 6.17. The van der Waals surface area contributed by atoms with Gasteiger partial charge in [0.1, 0.15) is 5.82 Å². The zero-order valence-electron chi connectivity index (χ0n) is 12.1. The van der Waals surface area contributed by atoms with Crippen molar-refractivity contribution in [2.24, 2.45) is 0 Å². The molecule has 2 rings (SSSR count). The summed E-state index contributed by atoms with van der Waals surface area (Å²) in [7, 11) is 1.69. The van der Waals surface area contributed by atoms with Gasteiger partial charge < -0.3 is 15.3 Å². The fourth-order valence-corrected chi connectivity index (χ4v) is 2.53. The second-order valence-corrected chi connectivity index (χ2v) is 5.46. The third-order valence-electron chi connectivity index (χ3n) is 3.69. The molecular weight excluding hydrogens is 256 g/mol. The van der Waals surface area contributed by atoms with Crippen LogP contribution in [-0.4, -0.2) is 45.2 Å². The molecule has 1 aliphatic rings. The van der Waals surface area contributed by atoms with Gasteiger partial charge in [0.25, 0.3) is 0 Å². The Bertz CT molecular complexity index is 455. The smallest absolute Gasteiger partial charge is 0.321 e. The Balaban J connectivity index is 1.89. The van der Waals surface area contributed by atoms with E-state index >= 15 is 0 Å². The molecule has 0 aliphatic heterocycles. The summed E-state index contributed by atoms with van der Waals surface area (Å²) in [5.74, 6) is 0.747. The van der Waals surface area contributed by atoms with Crippen LogP contribution in [-0.2, 0) is 6.42 Å². The van der Waals surface area contributed by atoms with Crippen LogP contribution < -0.4 is 5.32 Å². The molecule has 0 spiro atoms. The molecule has 1 heterocycles. The van der Waals surface area contributed by atoms with Crippen LogP contribution in [0.1, 0.15) is 38.4 Å². The van der Waals surface area contributed by atoms with Gasteiger partial charge in [-0.15, -0.1) is 0 Å². The number of hydrogen-bond donors (Lipinski definition) is 2. The number of aryl methyl sites for hydroxylation is 1. The third kappa shape index (κ3) is 3.66. The molecule has 0 atom stereocenters. The highest BCUT2D eigenvalue weighted by Gasteiger charge is 2.33. The molecule has 1 aromatic rings. The summed E-state index contributed by atoms with van der Waals surface area (Å²) in [6.07, 6.45) is 7.54. The van der Waals surface area contributed by atoms with Crippen LogP contribution in [0.3, 0.4) is 0 Å². The summed E-state index contributed by atoms with van der Waals surface area (Å²) in [5, 5.41) is 13.0. The number of carbonyl (C=O) groups excluding carboxylic acids is 1. The summed E-state index contributed by atoms with van der Waals surface area (Å²) in [5.41, 5.74) is -0.160. The van der Waals surface area contributed by atoms with Gasteiger partial charge in [-0.1, -0.05) is 19.8 Å². The third-order valence-corrected chi connectivity index (χ3v) is 3.69. The molecule has 1 aromatic heterocycles. The summed E-state index contributed by atoms with van der Waals surface area (Å²) in [4.78, 5) is 21.8. The SMILES string of the molecule is CCc1ncc(NC(=O)N(C)CC2(O)CCCC2)cn1. The Morgan fingerprint density at radius 3 is 2.55 bits per heavy atom. The van der Waals surface area contributed by atoms with Crippen LogP contribution in [0, 0.1) is 0 Å². The number of nitrogens with one attached hydrogen (secondary N) is 1. The number of nitrogens with zero attached hydrogens (tertiary/aromatic N) is 3. The zero-order chi connectivity index (χ0) is 14.6. The van der Waals surface area contributed by atoms with Crippen molar-refractivity contribution in [1.29, 1.82) is 0 Å².